The average molecular weight is 186 g/mol. The molecule has 1 aromatic rings. The Labute approximate surface area is 74.0 Å². The number of thiazole rings is 1. The Morgan fingerprint density at radius 3 is 3.00 bits per heavy atom. The fourth-order valence-corrected chi connectivity index (χ4v) is 1.65. The molecule has 12 heavy (non-hydrogen) atoms. The number of hydrogen-bond donors (Lipinski definition) is 2. The second-order valence-corrected chi connectivity index (χ2v) is 3.45. The van der Waals surface area contributed by atoms with Gasteiger partial charge in [-0.15, -0.1) is 11.3 Å². The second kappa shape index (κ2) is 3.64. The molecule has 1 aromatic heterocycles. The van der Waals surface area contributed by atoms with Crippen LogP contribution in [0.15, 0.2) is 5.51 Å². The summed E-state index contributed by atoms with van der Waals surface area (Å²) in [6.45, 7) is 1.85. The third-order valence-electron chi connectivity index (χ3n) is 1.57. The second-order valence-electron chi connectivity index (χ2n) is 2.51. The van der Waals surface area contributed by atoms with E-state index in [-0.39, 0.29) is 0 Å². The van der Waals surface area contributed by atoms with Gasteiger partial charge in [-0.2, -0.15) is 0 Å². The van der Waals surface area contributed by atoms with Crippen LogP contribution in [-0.2, 0) is 11.2 Å². The summed E-state index contributed by atoms with van der Waals surface area (Å²) in [5, 5.41) is 8.53. The molecule has 0 fully saturated rings. The summed E-state index contributed by atoms with van der Waals surface area (Å²) in [6.07, 6.45) is 0.367. The van der Waals surface area contributed by atoms with Crippen molar-refractivity contribution in [2.24, 2.45) is 5.73 Å². The van der Waals surface area contributed by atoms with Crippen LogP contribution in [0, 0.1) is 6.92 Å². The van der Waals surface area contributed by atoms with Gasteiger partial charge in [0.25, 0.3) is 0 Å². The van der Waals surface area contributed by atoms with E-state index in [0.717, 1.165) is 10.6 Å². The van der Waals surface area contributed by atoms with E-state index in [9.17, 15) is 4.79 Å². The summed E-state index contributed by atoms with van der Waals surface area (Å²) in [7, 11) is 0. The van der Waals surface area contributed by atoms with Gasteiger partial charge >= 0.3 is 5.97 Å². The van der Waals surface area contributed by atoms with Crippen LogP contribution in [0.3, 0.4) is 0 Å². The Kier molecular flexibility index (Phi) is 2.78. The maximum absolute atomic E-state index is 10.4. The van der Waals surface area contributed by atoms with Crippen LogP contribution in [0.4, 0.5) is 0 Å². The van der Waals surface area contributed by atoms with Crippen molar-refractivity contribution in [2.75, 3.05) is 0 Å². The number of aromatic nitrogens is 1. The van der Waals surface area contributed by atoms with Crippen molar-refractivity contribution in [3.05, 3.63) is 16.1 Å². The molecule has 1 rings (SSSR count). The molecule has 0 radical (unpaired) electrons. The zero-order chi connectivity index (χ0) is 9.14. The highest BCUT2D eigenvalue weighted by Gasteiger charge is 2.14. The predicted molar refractivity (Wildman–Crippen MR) is 46.2 cm³/mol. The van der Waals surface area contributed by atoms with Crippen LogP contribution < -0.4 is 5.73 Å². The van der Waals surface area contributed by atoms with E-state index in [4.69, 9.17) is 10.8 Å². The van der Waals surface area contributed by atoms with Crippen molar-refractivity contribution in [1.29, 1.82) is 0 Å². The van der Waals surface area contributed by atoms with Gasteiger partial charge < -0.3 is 10.8 Å². The minimum atomic E-state index is -0.970. The van der Waals surface area contributed by atoms with Crippen molar-refractivity contribution < 1.29 is 9.90 Å². The normalized spacial score (nSPS) is 12.8. The number of aliphatic carboxylic acids is 1. The summed E-state index contributed by atoms with van der Waals surface area (Å²) >= 11 is 1.44. The molecule has 3 N–H and O–H groups in total. The molecule has 0 saturated carbocycles. The fourth-order valence-electron chi connectivity index (χ4n) is 0.809. The Hall–Kier alpha value is -0.940. The number of carboxylic acids is 1. The monoisotopic (exact) mass is 186 g/mol. The Balaban J connectivity index is 2.64. The molecule has 0 amide bonds. The predicted octanol–water partition coefficient (Wildman–Crippen LogP) is 0.406. The summed E-state index contributed by atoms with van der Waals surface area (Å²) in [5.41, 5.74) is 7.92. The molecule has 0 aliphatic heterocycles. The number of nitrogens with two attached hydrogens (primary N) is 1. The number of carboxylic acid groups (broad SMARTS) is 1. The zero-order valence-electron chi connectivity index (χ0n) is 6.65. The Bertz CT molecular complexity index is 285. The van der Waals surface area contributed by atoms with Crippen molar-refractivity contribution in [1.82, 2.24) is 4.98 Å². The minimum absolute atomic E-state index is 0.367. The number of nitrogens with zero attached hydrogens (tertiary/aromatic N) is 1. The third-order valence-corrected chi connectivity index (χ3v) is 2.52. The first-order chi connectivity index (χ1) is 5.61. The van der Waals surface area contributed by atoms with E-state index in [1.165, 1.54) is 11.3 Å². The van der Waals surface area contributed by atoms with Crippen LogP contribution >= 0.6 is 11.3 Å². The van der Waals surface area contributed by atoms with Crippen molar-refractivity contribution in [3.8, 4) is 0 Å². The molecule has 5 heteroatoms. The van der Waals surface area contributed by atoms with E-state index < -0.39 is 12.0 Å². The average Bonchev–Trinajstić information content (AvgIpc) is 2.36. The zero-order valence-corrected chi connectivity index (χ0v) is 7.47. The molecule has 0 bridgehead atoms. The molecule has 1 heterocycles. The molecular formula is C7H10N2O2S. The van der Waals surface area contributed by atoms with Crippen LogP contribution in [0.25, 0.3) is 0 Å². The highest BCUT2D eigenvalue weighted by atomic mass is 32.1. The van der Waals surface area contributed by atoms with Gasteiger partial charge in [0.15, 0.2) is 0 Å². The lowest BCUT2D eigenvalue weighted by molar-refractivity contribution is -0.138. The highest BCUT2D eigenvalue weighted by molar-refractivity contribution is 7.09. The van der Waals surface area contributed by atoms with E-state index in [0.29, 0.717) is 6.42 Å². The molecule has 0 aliphatic carbocycles. The van der Waals surface area contributed by atoms with Gasteiger partial charge in [-0.05, 0) is 6.92 Å². The number of rotatable bonds is 3. The van der Waals surface area contributed by atoms with Crippen molar-refractivity contribution in [3.63, 3.8) is 0 Å². The molecule has 1 atom stereocenters. The largest absolute Gasteiger partial charge is 0.480 e. The molecule has 0 spiro atoms. The lowest BCUT2D eigenvalue weighted by Gasteiger charge is -2.03. The van der Waals surface area contributed by atoms with Gasteiger partial charge in [-0.1, -0.05) is 0 Å². The quantitative estimate of drug-likeness (QED) is 0.716. The van der Waals surface area contributed by atoms with Gasteiger partial charge in [0.05, 0.1) is 11.2 Å². The minimum Gasteiger partial charge on any atom is -0.480 e. The summed E-state index contributed by atoms with van der Waals surface area (Å²) in [6, 6.07) is -0.816. The number of carbonyl (C=O) groups is 1. The molecule has 0 aromatic carbocycles. The van der Waals surface area contributed by atoms with Gasteiger partial charge in [0.2, 0.25) is 0 Å². The van der Waals surface area contributed by atoms with Crippen molar-refractivity contribution >= 4 is 17.3 Å². The highest BCUT2D eigenvalue weighted by Crippen LogP contribution is 2.13. The first kappa shape index (κ1) is 9.15. The SMILES string of the molecule is Cc1ncsc1C[C@H](N)C(=O)O. The first-order valence-corrected chi connectivity index (χ1v) is 4.36. The smallest absolute Gasteiger partial charge is 0.320 e. The molecule has 4 nitrogen and oxygen atoms in total. The molecule has 0 aliphatic rings. The first-order valence-electron chi connectivity index (χ1n) is 3.48. The van der Waals surface area contributed by atoms with Crippen LogP contribution in [0.1, 0.15) is 10.6 Å². The van der Waals surface area contributed by atoms with Crippen molar-refractivity contribution in [2.45, 2.75) is 19.4 Å². The van der Waals surface area contributed by atoms with Gasteiger partial charge in [-0.25, -0.2) is 4.98 Å². The number of aryl methyl sites for hydroxylation is 1. The lowest BCUT2D eigenvalue weighted by Crippen LogP contribution is -2.32. The Morgan fingerprint density at radius 2 is 2.58 bits per heavy atom. The summed E-state index contributed by atoms with van der Waals surface area (Å²) < 4.78 is 0. The van der Waals surface area contributed by atoms with Crippen LogP contribution in [-0.4, -0.2) is 22.1 Å². The topological polar surface area (TPSA) is 76.2 Å². The van der Waals surface area contributed by atoms with E-state index >= 15 is 0 Å². The van der Waals surface area contributed by atoms with Crippen LogP contribution in [0.2, 0.25) is 0 Å². The maximum Gasteiger partial charge on any atom is 0.320 e. The van der Waals surface area contributed by atoms with E-state index in [2.05, 4.69) is 4.98 Å². The molecular weight excluding hydrogens is 176 g/mol. The van der Waals surface area contributed by atoms with Gasteiger partial charge in [-0.3, -0.25) is 4.79 Å². The fraction of sp³-hybridized carbons (Fsp3) is 0.429. The molecule has 0 saturated heterocycles. The Morgan fingerprint density at radius 1 is 1.92 bits per heavy atom. The van der Waals surface area contributed by atoms with Crippen LogP contribution in [0.5, 0.6) is 0 Å². The lowest BCUT2D eigenvalue weighted by atomic mass is 10.2. The van der Waals surface area contributed by atoms with E-state index in [1.807, 2.05) is 6.92 Å². The molecule has 0 unspecified atom stereocenters. The summed E-state index contributed by atoms with van der Waals surface area (Å²) in [5.74, 6) is -0.970. The third kappa shape index (κ3) is 2.02. The standard InChI is InChI=1S/C7H10N2O2S/c1-4-6(12-3-9-4)2-5(8)7(10)11/h3,5H,2,8H2,1H3,(H,10,11)/t5-/m0/s1. The maximum atomic E-state index is 10.4. The summed E-state index contributed by atoms with van der Waals surface area (Å²) in [4.78, 5) is 15.3. The van der Waals surface area contributed by atoms with Gasteiger partial charge in [0.1, 0.15) is 6.04 Å². The van der Waals surface area contributed by atoms with Gasteiger partial charge in [0, 0.05) is 11.3 Å². The number of hydrogen-bond acceptors (Lipinski definition) is 4. The molecule has 66 valence electrons. The van der Waals surface area contributed by atoms with E-state index in [1.54, 1.807) is 5.51 Å².